The van der Waals surface area contributed by atoms with Crippen LogP contribution in [-0.2, 0) is 13.6 Å². The van der Waals surface area contributed by atoms with Gasteiger partial charge in [-0.1, -0.05) is 0 Å². The summed E-state index contributed by atoms with van der Waals surface area (Å²) in [7, 11) is 1.89. The maximum Gasteiger partial charge on any atom is 0.256 e. The Kier molecular flexibility index (Phi) is 2.70. The van der Waals surface area contributed by atoms with Gasteiger partial charge in [-0.15, -0.1) is 0 Å². The Morgan fingerprint density at radius 3 is 2.64 bits per heavy atom. The second-order valence-corrected chi connectivity index (χ2v) is 5.94. The highest BCUT2D eigenvalue weighted by Gasteiger charge is 2.24. The summed E-state index contributed by atoms with van der Waals surface area (Å²) in [5, 5.41) is 0. The molecule has 1 heterocycles. The van der Waals surface area contributed by atoms with Crippen LogP contribution in [0.25, 0.3) is 0 Å². The van der Waals surface area contributed by atoms with Crippen LogP contribution in [0.15, 0.2) is 18.7 Å². The molecule has 0 radical (unpaired) electrons. The number of imidazole rings is 1. The van der Waals surface area contributed by atoms with Crippen LogP contribution in [0.5, 0.6) is 0 Å². The van der Waals surface area contributed by atoms with Crippen LogP contribution in [0, 0.1) is 0 Å². The van der Waals surface area contributed by atoms with E-state index in [1.54, 1.807) is 17.1 Å². The number of aromatic nitrogens is 2. The summed E-state index contributed by atoms with van der Waals surface area (Å²) in [6.07, 6.45) is 5.46. The number of nitrogens with zero attached hydrogens (tertiary/aromatic N) is 2. The molecule has 5 heteroatoms. The SMILES string of the molecule is C[n+]1ccn(CC(F)(Br)Br)c1. The zero-order chi connectivity index (χ0) is 8.48. The molecule has 0 saturated carbocycles. The molecule has 0 spiro atoms. The van der Waals surface area contributed by atoms with Crippen molar-refractivity contribution >= 4 is 31.9 Å². The lowest BCUT2D eigenvalue weighted by atomic mass is 10.7. The van der Waals surface area contributed by atoms with Crippen LogP contribution in [-0.4, -0.2) is 8.05 Å². The van der Waals surface area contributed by atoms with Gasteiger partial charge < -0.3 is 0 Å². The van der Waals surface area contributed by atoms with Crippen LogP contribution in [0.1, 0.15) is 0 Å². The van der Waals surface area contributed by atoms with Crippen molar-refractivity contribution in [1.82, 2.24) is 4.57 Å². The van der Waals surface area contributed by atoms with Crippen molar-refractivity contribution in [3.8, 4) is 0 Å². The first kappa shape index (κ1) is 9.19. The van der Waals surface area contributed by atoms with Crippen molar-refractivity contribution in [2.75, 3.05) is 0 Å². The number of hydrogen-bond donors (Lipinski definition) is 0. The Morgan fingerprint density at radius 1 is 1.64 bits per heavy atom. The fourth-order valence-corrected chi connectivity index (χ4v) is 1.38. The van der Waals surface area contributed by atoms with Crippen molar-refractivity contribution < 1.29 is 8.96 Å². The molecule has 0 bridgehead atoms. The summed E-state index contributed by atoms with van der Waals surface area (Å²) in [6, 6.07) is 0. The highest BCUT2D eigenvalue weighted by Crippen LogP contribution is 2.29. The number of hydrogen-bond acceptors (Lipinski definition) is 0. The number of alkyl halides is 3. The minimum atomic E-state index is -1.51. The third kappa shape index (κ3) is 3.33. The van der Waals surface area contributed by atoms with E-state index in [1.165, 1.54) is 0 Å². The summed E-state index contributed by atoms with van der Waals surface area (Å²) in [5.74, 6) is 0. The van der Waals surface area contributed by atoms with Crippen molar-refractivity contribution in [3.63, 3.8) is 0 Å². The second-order valence-electron chi connectivity index (χ2n) is 2.37. The Morgan fingerprint density at radius 2 is 2.27 bits per heavy atom. The van der Waals surface area contributed by atoms with E-state index in [4.69, 9.17) is 0 Å². The van der Waals surface area contributed by atoms with Gasteiger partial charge in [0, 0.05) is 0 Å². The molecule has 62 valence electrons. The average Bonchev–Trinajstić information content (AvgIpc) is 2.10. The topological polar surface area (TPSA) is 8.81 Å². The molecule has 0 aromatic carbocycles. The van der Waals surface area contributed by atoms with Gasteiger partial charge in [0.1, 0.15) is 18.9 Å². The molecule has 0 aliphatic rings. The quantitative estimate of drug-likeness (QED) is 0.578. The molecule has 0 saturated heterocycles. The van der Waals surface area contributed by atoms with Crippen LogP contribution < -0.4 is 4.57 Å². The van der Waals surface area contributed by atoms with E-state index in [2.05, 4.69) is 31.9 Å². The maximum absolute atomic E-state index is 12.9. The molecule has 0 fully saturated rings. The van der Waals surface area contributed by atoms with Gasteiger partial charge in [0.2, 0.25) is 6.33 Å². The van der Waals surface area contributed by atoms with Crippen molar-refractivity contribution in [2.24, 2.45) is 7.05 Å². The van der Waals surface area contributed by atoms with E-state index in [0.717, 1.165) is 0 Å². The standard InChI is InChI=1S/C6H8Br2FN2/c1-10-2-3-11(5-10)4-6(7,8)9/h2-3,5H,4H2,1H3/q+1. The van der Waals surface area contributed by atoms with Crippen molar-refractivity contribution in [2.45, 2.75) is 10.0 Å². The molecule has 0 amide bonds. The maximum atomic E-state index is 12.9. The van der Waals surface area contributed by atoms with E-state index < -0.39 is 3.49 Å². The highest BCUT2D eigenvalue weighted by molar-refractivity contribution is 9.25. The molecule has 11 heavy (non-hydrogen) atoms. The lowest BCUT2D eigenvalue weighted by Gasteiger charge is -2.05. The van der Waals surface area contributed by atoms with E-state index in [0.29, 0.717) is 0 Å². The number of rotatable bonds is 2. The van der Waals surface area contributed by atoms with Gasteiger partial charge in [0.05, 0.1) is 7.05 Å². The van der Waals surface area contributed by atoms with Gasteiger partial charge in [0.15, 0.2) is 0 Å². The van der Waals surface area contributed by atoms with Crippen molar-refractivity contribution in [1.29, 1.82) is 0 Å². The van der Waals surface area contributed by atoms with E-state index in [9.17, 15) is 4.39 Å². The monoisotopic (exact) mass is 285 g/mol. The fourth-order valence-electron chi connectivity index (χ4n) is 0.802. The smallest absolute Gasteiger partial charge is 0.240 e. The van der Waals surface area contributed by atoms with Crippen LogP contribution in [0.4, 0.5) is 4.39 Å². The summed E-state index contributed by atoms with van der Waals surface area (Å²) in [5.41, 5.74) is 0. The van der Waals surface area contributed by atoms with Crippen molar-refractivity contribution in [3.05, 3.63) is 18.7 Å². The summed E-state index contributed by atoms with van der Waals surface area (Å²) < 4.78 is 15.0. The molecule has 0 aliphatic heterocycles. The Bertz CT molecular complexity index is 241. The average molecular weight is 287 g/mol. The lowest BCUT2D eigenvalue weighted by Crippen LogP contribution is -2.24. The number of halogens is 3. The van der Waals surface area contributed by atoms with Gasteiger partial charge >= 0.3 is 0 Å². The van der Waals surface area contributed by atoms with Crippen LogP contribution >= 0.6 is 31.9 Å². The summed E-state index contributed by atoms with van der Waals surface area (Å²) >= 11 is 5.69. The molecule has 0 aliphatic carbocycles. The lowest BCUT2D eigenvalue weighted by molar-refractivity contribution is -0.671. The first-order valence-corrected chi connectivity index (χ1v) is 4.64. The zero-order valence-electron chi connectivity index (χ0n) is 5.97. The Balaban J connectivity index is 2.65. The van der Waals surface area contributed by atoms with E-state index in [-0.39, 0.29) is 6.54 Å². The first-order chi connectivity index (χ1) is 4.97. The first-order valence-electron chi connectivity index (χ1n) is 3.05. The van der Waals surface area contributed by atoms with Gasteiger partial charge in [-0.3, -0.25) is 0 Å². The normalized spacial score (nSPS) is 12.0. The summed E-state index contributed by atoms with van der Waals surface area (Å²) in [6.45, 7) is 0.244. The third-order valence-corrected chi connectivity index (χ3v) is 1.69. The Labute approximate surface area is 81.3 Å². The van der Waals surface area contributed by atoms with Gasteiger partial charge in [-0.2, -0.15) is 0 Å². The number of aryl methyl sites for hydroxylation is 1. The van der Waals surface area contributed by atoms with Gasteiger partial charge in [-0.25, -0.2) is 13.5 Å². The van der Waals surface area contributed by atoms with Gasteiger partial charge in [0.25, 0.3) is 3.49 Å². The predicted octanol–water partition coefficient (Wildman–Crippen LogP) is 1.73. The molecule has 0 atom stereocenters. The summed E-state index contributed by atoms with van der Waals surface area (Å²) in [4.78, 5) is 0. The molecular formula is C6H8Br2FN2+. The van der Waals surface area contributed by atoms with E-state index >= 15 is 0 Å². The molecule has 1 aromatic heterocycles. The second kappa shape index (κ2) is 3.23. The predicted molar refractivity (Wildman–Crippen MR) is 47.3 cm³/mol. The Hall–Kier alpha value is 0.100. The third-order valence-electron chi connectivity index (χ3n) is 1.19. The fraction of sp³-hybridized carbons (Fsp3) is 0.500. The van der Waals surface area contributed by atoms with E-state index in [1.807, 2.05) is 17.8 Å². The minimum Gasteiger partial charge on any atom is -0.240 e. The molecule has 0 N–H and O–H groups in total. The molecule has 0 unspecified atom stereocenters. The molecule has 1 rings (SSSR count). The molecular weight excluding hydrogens is 279 g/mol. The molecule has 1 aromatic rings. The van der Waals surface area contributed by atoms with Crippen LogP contribution in [0.3, 0.4) is 0 Å². The highest BCUT2D eigenvalue weighted by atomic mass is 79.9. The minimum absolute atomic E-state index is 0.244. The molecule has 2 nitrogen and oxygen atoms in total. The zero-order valence-corrected chi connectivity index (χ0v) is 9.14. The van der Waals surface area contributed by atoms with Gasteiger partial charge in [-0.05, 0) is 31.9 Å². The van der Waals surface area contributed by atoms with Crippen LogP contribution in [0.2, 0.25) is 0 Å². The largest absolute Gasteiger partial charge is 0.256 e.